The van der Waals surface area contributed by atoms with E-state index in [2.05, 4.69) is 4.98 Å². The minimum Gasteiger partial charge on any atom is -0.507 e. The molecular weight excluding hydrogens is 427 g/mol. The lowest BCUT2D eigenvalue weighted by molar-refractivity contribution is -0.140. The van der Waals surface area contributed by atoms with Crippen molar-refractivity contribution in [1.82, 2.24) is 9.88 Å². The van der Waals surface area contributed by atoms with Crippen molar-refractivity contribution < 1.29 is 28.6 Å². The molecule has 0 bridgehead atoms. The maximum absolute atomic E-state index is 13.4. The summed E-state index contributed by atoms with van der Waals surface area (Å²) in [4.78, 5) is 31.7. The summed E-state index contributed by atoms with van der Waals surface area (Å²) >= 11 is 0. The molecular formula is C25H21FN2O5. The van der Waals surface area contributed by atoms with Gasteiger partial charge in [0.05, 0.1) is 25.8 Å². The highest BCUT2D eigenvalue weighted by molar-refractivity contribution is 6.46. The standard InChI is InChI=1S/C25H21FN2O5/c1-32-18-9-10-20(33-2)19(12-18)22-21(23(29)16-5-7-17(26)8-6-16)24(30)25(31)28(22)14-15-4-3-11-27-13-15/h3-13,22,29H,14H2,1-2H3/t22-/m1/s1. The van der Waals surface area contributed by atoms with Crippen LogP contribution in [-0.2, 0) is 16.1 Å². The van der Waals surface area contributed by atoms with E-state index in [9.17, 15) is 19.1 Å². The maximum atomic E-state index is 13.4. The number of carbonyl (C=O) groups excluding carboxylic acids is 2. The Balaban J connectivity index is 1.93. The zero-order valence-electron chi connectivity index (χ0n) is 18.0. The Morgan fingerprint density at radius 1 is 1.09 bits per heavy atom. The Hall–Kier alpha value is -4.20. The number of aliphatic hydroxyl groups excluding tert-OH is 1. The van der Waals surface area contributed by atoms with Gasteiger partial charge in [-0.2, -0.15) is 0 Å². The topological polar surface area (TPSA) is 89.0 Å². The lowest BCUT2D eigenvalue weighted by atomic mass is 9.94. The number of rotatable bonds is 6. The molecule has 1 aromatic heterocycles. The molecule has 1 aliphatic rings. The monoisotopic (exact) mass is 448 g/mol. The minimum absolute atomic E-state index is 0.0731. The summed E-state index contributed by atoms with van der Waals surface area (Å²) in [5.41, 5.74) is 1.25. The number of ether oxygens (including phenoxy) is 2. The first-order chi connectivity index (χ1) is 15.9. The van der Waals surface area contributed by atoms with E-state index in [1.54, 1.807) is 42.7 Å². The zero-order valence-corrected chi connectivity index (χ0v) is 18.0. The quantitative estimate of drug-likeness (QED) is 0.350. The number of benzene rings is 2. The minimum atomic E-state index is -0.972. The number of ketones is 1. The third-order valence-corrected chi connectivity index (χ3v) is 5.46. The van der Waals surface area contributed by atoms with Crippen LogP contribution >= 0.6 is 0 Å². The van der Waals surface area contributed by atoms with Gasteiger partial charge in [0.15, 0.2) is 0 Å². The Bertz CT molecular complexity index is 1230. The molecule has 2 heterocycles. The van der Waals surface area contributed by atoms with Gasteiger partial charge in [0.2, 0.25) is 0 Å². The molecule has 0 aliphatic carbocycles. The van der Waals surface area contributed by atoms with E-state index in [1.165, 1.54) is 43.4 Å². The number of carbonyl (C=O) groups is 2. The fourth-order valence-electron chi connectivity index (χ4n) is 3.87. The number of pyridine rings is 1. The van der Waals surface area contributed by atoms with Crippen molar-refractivity contribution in [1.29, 1.82) is 0 Å². The zero-order chi connectivity index (χ0) is 23.5. The average molecular weight is 448 g/mol. The number of hydrogen-bond acceptors (Lipinski definition) is 6. The molecule has 0 radical (unpaired) electrons. The lowest BCUT2D eigenvalue weighted by Gasteiger charge is -2.27. The molecule has 0 spiro atoms. The van der Waals surface area contributed by atoms with Gasteiger partial charge in [-0.1, -0.05) is 6.07 Å². The van der Waals surface area contributed by atoms with E-state index >= 15 is 0 Å². The van der Waals surface area contributed by atoms with Crippen LogP contribution in [0.5, 0.6) is 11.5 Å². The van der Waals surface area contributed by atoms with Crippen molar-refractivity contribution in [3.8, 4) is 11.5 Å². The van der Waals surface area contributed by atoms with Crippen LogP contribution in [0.15, 0.2) is 72.6 Å². The van der Waals surface area contributed by atoms with Crippen LogP contribution in [0.1, 0.15) is 22.7 Å². The number of halogens is 1. The summed E-state index contributed by atoms with van der Waals surface area (Å²) in [6.45, 7) is 0.0731. The number of nitrogens with zero attached hydrogens (tertiary/aromatic N) is 2. The van der Waals surface area contributed by atoms with E-state index in [-0.39, 0.29) is 17.7 Å². The fourth-order valence-corrected chi connectivity index (χ4v) is 3.87. The van der Waals surface area contributed by atoms with E-state index in [4.69, 9.17) is 9.47 Å². The summed E-state index contributed by atoms with van der Waals surface area (Å²) in [6.07, 6.45) is 3.20. The van der Waals surface area contributed by atoms with E-state index in [0.717, 1.165) is 0 Å². The molecule has 1 aliphatic heterocycles. The Morgan fingerprint density at radius 2 is 1.85 bits per heavy atom. The SMILES string of the molecule is COc1ccc(OC)c([C@@H]2C(=C(O)c3ccc(F)cc3)C(=O)C(=O)N2Cc2cccnc2)c1. The second-order valence-corrected chi connectivity index (χ2v) is 7.40. The maximum Gasteiger partial charge on any atom is 0.295 e. The van der Waals surface area contributed by atoms with Crippen LogP contribution in [-0.4, -0.2) is 40.9 Å². The summed E-state index contributed by atoms with van der Waals surface area (Å²) < 4.78 is 24.3. The van der Waals surface area contributed by atoms with Crippen molar-refractivity contribution in [2.24, 2.45) is 0 Å². The van der Waals surface area contributed by atoms with Crippen molar-refractivity contribution >= 4 is 17.4 Å². The lowest BCUT2D eigenvalue weighted by Crippen LogP contribution is -2.29. The molecule has 168 valence electrons. The number of aromatic nitrogens is 1. The Labute approximate surface area is 189 Å². The molecule has 0 unspecified atom stereocenters. The van der Waals surface area contributed by atoms with Gasteiger partial charge in [-0.3, -0.25) is 14.6 Å². The predicted molar refractivity (Wildman–Crippen MR) is 118 cm³/mol. The summed E-state index contributed by atoms with van der Waals surface area (Å²) in [5, 5.41) is 11.1. The molecule has 8 heteroatoms. The van der Waals surface area contributed by atoms with Crippen molar-refractivity contribution in [3.63, 3.8) is 0 Å². The Morgan fingerprint density at radius 3 is 2.48 bits per heavy atom. The van der Waals surface area contributed by atoms with Gasteiger partial charge >= 0.3 is 0 Å². The third kappa shape index (κ3) is 4.15. The first kappa shape index (κ1) is 22.0. The highest BCUT2D eigenvalue weighted by Gasteiger charge is 2.47. The smallest absolute Gasteiger partial charge is 0.295 e. The van der Waals surface area contributed by atoms with Gasteiger partial charge < -0.3 is 19.5 Å². The van der Waals surface area contributed by atoms with Gasteiger partial charge in [-0.15, -0.1) is 0 Å². The fraction of sp³-hybridized carbons (Fsp3) is 0.160. The van der Waals surface area contributed by atoms with E-state index < -0.39 is 29.3 Å². The molecule has 0 saturated carbocycles. The molecule has 1 saturated heterocycles. The molecule has 2 aromatic carbocycles. The van der Waals surface area contributed by atoms with Crippen molar-refractivity contribution in [2.45, 2.75) is 12.6 Å². The molecule has 1 N–H and O–H groups in total. The van der Waals surface area contributed by atoms with Gasteiger partial charge in [-0.05, 0) is 54.1 Å². The van der Waals surface area contributed by atoms with E-state index in [1.807, 2.05) is 0 Å². The van der Waals surface area contributed by atoms with Crippen LogP contribution in [0.2, 0.25) is 0 Å². The van der Waals surface area contributed by atoms with Crippen LogP contribution in [0.3, 0.4) is 0 Å². The van der Waals surface area contributed by atoms with E-state index in [0.29, 0.717) is 22.6 Å². The van der Waals surface area contributed by atoms with Gasteiger partial charge in [0, 0.05) is 30.1 Å². The molecule has 3 aromatic rings. The summed E-state index contributed by atoms with van der Waals surface area (Å²) in [5.74, 6) is -1.64. The third-order valence-electron chi connectivity index (χ3n) is 5.46. The number of likely N-dealkylation sites (tertiary alicyclic amines) is 1. The largest absolute Gasteiger partial charge is 0.507 e. The highest BCUT2D eigenvalue weighted by atomic mass is 19.1. The van der Waals surface area contributed by atoms with Crippen molar-refractivity contribution in [2.75, 3.05) is 14.2 Å². The first-order valence-corrected chi connectivity index (χ1v) is 10.1. The number of Topliss-reactive ketones (excluding diaryl/α,β-unsaturated/α-hetero) is 1. The highest BCUT2D eigenvalue weighted by Crippen LogP contribution is 2.44. The molecule has 33 heavy (non-hydrogen) atoms. The molecule has 1 fully saturated rings. The second-order valence-electron chi connectivity index (χ2n) is 7.40. The molecule has 1 atom stereocenters. The van der Waals surface area contributed by atoms with Crippen LogP contribution in [0.25, 0.3) is 5.76 Å². The molecule has 7 nitrogen and oxygen atoms in total. The number of amides is 1. The molecule has 1 amide bonds. The average Bonchev–Trinajstić information content (AvgIpc) is 3.09. The number of methoxy groups -OCH3 is 2. The van der Waals surface area contributed by atoms with Gasteiger partial charge in [0.25, 0.3) is 11.7 Å². The van der Waals surface area contributed by atoms with Gasteiger partial charge in [0.1, 0.15) is 23.1 Å². The van der Waals surface area contributed by atoms with Crippen LogP contribution < -0.4 is 9.47 Å². The van der Waals surface area contributed by atoms with Crippen LogP contribution in [0, 0.1) is 5.82 Å². The number of hydrogen-bond donors (Lipinski definition) is 1. The summed E-state index contributed by atoms with van der Waals surface area (Å²) in [6, 6.07) is 12.6. The first-order valence-electron chi connectivity index (χ1n) is 10.1. The normalized spacial score (nSPS) is 17.3. The summed E-state index contributed by atoms with van der Waals surface area (Å²) in [7, 11) is 2.97. The Kier molecular flexibility index (Phi) is 6.08. The van der Waals surface area contributed by atoms with Crippen LogP contribution in [0.4, 0.5) is 4.39 Å². The number of aliphatic hydroxyl groups is 1. The van der Waals surface area contributed by atoms with Gasteiger partial charge in [-0.25, -0.2) is 4.39 Å². The molecule has 4 rings (SSSR count). The second kappa shape index (κ2) is 9.12. The predicted octanol–water partition coefficient (Wildman–Crippen LogP) is 3.86. The van der Waals surface area contributed by atoms with Crippen molar-refractivity contribution in [3.05, 3.63) is 95.1 Å².